The Balaban J connectivity index is 1.63. The number of carbonyl (C=O) groups is 1. The molecule has 1 heterocycles. The number of benzene rings is 3. The zero-order valence-corrected chi connectivity index (χ0v) is 15.3. The van der Waals surface area contributed by atoms with Gasteiger partial charge in [-0.15, -0.1) is 0 Å². The molecule has 0 saturated heterocycles. The van der Waals surface area contributed by atoms with Crippen LogP contribution in [-0.2, 0) is 0 Å². The third kappa shape index (κ3) is 3.47. The van der Waals surface area contributed by atoms with E-state index < -0.39 is 0 Å². The van der Waals surface area contributed by atoms with Crippen LogP contribution in [0.4, 0.5) is 0 Å². The molecule has 4 nitrogen and oxygen atoms in total. The minimum absolute atomic E-state index is 0.0755. The average Bonchev–Trinajstić information content (AvgIpc) is 3.12. The molecule has 27 heavy (non-hydrogen) atoms. The molecule has 0 aliphatic rings. The molecule has 134 valence electrons. The van der Waals surface area contributed by atoms with Gasteiger partial charge in [0.15, 0.2) is 5.76 Å². The second-order valence-corrected chi connectivity index (χ2v) is 6.72. The van der Waals surface area contributed by atoms with Gasteiger partial charge in [0.05, 0.1) is 11.4 Å². The Morgan fingerprint density at radius 2 is 1.74 bits per heavy atom. The van der Waals surface area contributed by atoms with Gasteiger partial charge in [0, 0.05) is 11.1 Å². The smallest absolute Gasteiger partial charge is 0.251 e. The van der Waals surface area contributed by atoms with E-state index in [2.05, 4.69) is 10.5 Å². The number of nitrogens with zero attached hydrogens (tertiary/aromatic N) is 1. The van der Waals surface area contributed by atoms with Crippen molar-refractivity contribution < 1.29 is 9.32 Å². The zero-order valence-electron chi connectivity index (χ0n) is 15.3. The van der Waals surface area contributed by atoms with Crippen molar-refractivity contribution in [2.24, 2.45) is 0 Å². The van der Waals surface area contributed by atoms with Crippen LogP contribution in [0.3, 0.4) is 0 Å². The van der Waals surface area contributed by atoms with Crippen molar-refractivity contribution in [2.75, 3.05) is 0 Å². The molecule has 4 rings (SSSR count). The first-order chi connectivity index (χ1) is 13.1. The van der Waals surface area contributed by atoms with E-state index >= 15 is 0 Å². The molecule has 0 saturated carbocycles. The molecule has 0 spiro atoms. The molecular weight excluding hydrogens is 336 g/mol. The highest BCUT2D eigenvalue weighted by molar-refractivity contribution is 6.01. The summed E-state index contributed by atoms with van der Waals surface area (Å²) in [6.45, 7) is 4.02. The van der Waals surface area contributed by atoms with Crippen molar-refractivity contribution in [3.8, 4) is 11.3 Å². The number of aromatic nitrogens is 1. The van der Waals surface area contributed by atoms with Crippen molar-refractivity contribution >= 4 is 16.8 Å². The Morgan fingerprint density at radius 3 is 2.48 bits per heavy atom. The molecule has 1 unspecified atom stereocenters. The van der Waals surface area contributed by atoms with E-state index in [0.717, 1.165) is 22.0 Å². The second kappa shape index (κ2) is 7.08. The van der Waals surface area contributed by atoms with E-state index in [1.54, 1.807) is 6.07 Å². The Hall–Kier alpha value is -3.40. The minimum atomic E-state index is -0.121. The quantitative estimate of drug-likeness (QED) is 0.540. The Labute approximate surface area is 157 Å². The first kappa shape index (κ1) is 17.0. The standard InChI is InChI=1S/C23H20N2O2/c1-15-8-10-18(11-9-15)22-20-14-19(12-13-21(20)25-27-22)23(26)24-16(2)17-6-4-3-5-7-17/h3-14,16H,1-2H3,(H,24,26). The molecule has 1 amide bonds. The zero-order chi connectivity index (χ0) is 18.8. The van der Waals surface area contributed by atoms with Crippen LogP contribution < -0.4 is 5.32 Å². The van der Waals surface area contributed by atoms with Crippen molar-refractivity contribution in [1.82, 2.24) is 10.5 Å². The van der Waals surface area contributed by atoms with E-state index in [4.69, 9.17) is 4.52 Å². The Morgan fingerprint density at radius 1 is 1.00 bits per heavy atom. The van der Waals surface area contributed by atoms with Gasteiger partial charge >= 0.3 is 0 Å². The van der Waals surface area contributed by atoms with Crippen LogP contribution in [0.5, 0.6) is 0 Å². The first-order valence-corrected chi connectivity index (χ1v) is 8.94. The highest BCUT2D eigenvalue weighted by Gasteiger charge is 2.16. The maximum atomic E-state index is 12.7. The number of hydrogen-bond donors (Lipinski definition) is 1. The third-order valence-electron chi connectivity index (χ3n) is 4.70. The van der Waals surface area contributed by atoms with E-state index in [0.29, 0.717) is 11.3 Å². The van der Waals surface area contributed by atoms with E-state index in [9.17, 15) is 4.79 Å². The largest absolute Gasteiger partial charge is 0.355 e. The van der Waals surface area contributed by atoms with Crippen molar-refractivity contribution in [3.63, 3.8) is 0 Å². The fourth-order valence-electron chi connectivity index (χ4n) is 3.10. The van der Waals surface area contributed by atoms with Crippen LogP contribution in [0.15, 0.2) is 77.3 Å². The molecule has 1 atom stereocenters. The van der Waals surface area contributed by atoms with E-state index in [-0.39, 0.29) is 11.9 Å². The summed E-state index contributed by atoms with van der Waals surface area (Å²) in [4.78, 5) is 12.7. The maximum absolute atomic E-state index is 12.7. The number of nitrogens with one attached hydrogen (secondary N) is 1. The molecule has 4 aromatic rings. The summed E-state index contributed by atoms with van der Waals surface area (Å²) in [5, 5.41) is 8.00. The SMILES string of the molecule is Cc1ccc(-c2onc3ccc(C(=O)NC(C)c4ccccc4)cc23)cc1. The topological polar surface area (TPSA) is 55.1 Å². The van der Waals surface area contributed by atoms with Crippen LogP contribution in [0.1, 0.15) is 34.5 Å². The fraction of sp³-hybridized carbons (Fsp3) is 0.130. The summed E-state index contributed by atoms with van der Waals surface area (Å²) in [5.74, 6) is 0.556. The summed E-state index contributed by atoms with van der Waals surface area (Å²) in [5.41, 5.74) is 4.51. The van der Waals surface area contributed by atoms with E-state index in [1.165, 1.54) is 5.56 Å². The molecule has 0 aliphatic carbocycles. The molecule has 0 radical (unpaired) electrons. The first-order valence-electron chi connectivity index (χ1n) is 8.94. The number of amides is 1. The van der Waals surface area contributed by atoms with Crippen LogP contribution in [0, 0.1) is 6.92 Å². The number of hydrogen-bond acceptors (Lipinski definition) is 3. The van der Waals surface area contributed by atoms with Crippen LogP contribution in [0.25, 0.3) is 22.2 Å². The van der Waals surface area contributed by atoms with Crippen molar-refractivity contribution in [3.05, 3.63) is 89.5 Å². The Kier molecular flexibility index (Phi) is 4.47. The van der Waals surface area contributed by atoms with Crippen molar-refractivity contribution in [1.29, 1.82) is 0 Å². The predicted octanol–water partition coefficient (Wildman–Crippen LogP) is 5.29. The van der Waals surface area contributed by atoms with Gasteiger partial charge in [-0.3, -0.25) is 4.79 Å². The summed E-state index contributed by atoms with van der Waals surface area (Å²) in [6.07, 6.45) is 0. The lowest BCUT2D eigenvalue weighted by Gasteiger charge is -2.14. The molecule has 0 aliphatic heterocycles. The molecule has 3 aromatic carbocycles. The average molecular weight is 356 g/mol. The molecule has 0 bridgehead atoms. The van der Waals surface area contributed by atoms with Gasteiger partial charge < -0.3 is 9.84 Å². The molecule has 0 fully saturated rings. The van der Waals surface area contributed by atoms with Gasteiger partial charge in [-0.05, 0) is 37.6 Å². The lowest BCUT2D eigenvalue weighted by atomic mass is 10.0. The maximum Gasteiger partial charge on any atom is 0.251 e. The molecular formula is C23H20N2O2. The summed E-state index contributed by atoms with van der Waals surface area (Å²) < 4.78 is 5.54. The normalized spacial score (nSPS) is 12.1. The lowest BCUT2D eigenvalue weighted by Crippen LogP contribution is -2.26. The highest BCUT2D eigenvalue weighted by atomic mass is 16.5. The minimum Gasteiger partial charge on any atom is -0.355 e. The lowest BCUT2D eigenvalue weighted by molar-refractivity contribution is 0.0940. The number of aryl methyl sites for hydroxylation is 1. The second-order valence-electron chi connectivity index (χ2n) is 6.72. The van der Waals surface area contributed by atoms with Gasteiger partial charge in [0.1, 0.15) is 5.52 Å². The van der Waals surface area contributed by atoms with Crippen LogP contribution >= 0.6 is 0 Å². The van der Waals surface area contributed by atoms with Gasteiger partial charge in [0.25, 0.3) is 5.91 Å². The summed E-state index contributed by atoms with van der Waals surface area (Å²) in [7, 11) is 0. The van der Waals surface area contributed by atoms with Gasteiger partial charge in [0.2, 0.25) is 0 Å². The third-order valence-corrected chi connectivity index (χ3v) is 4.70. The molecule has 1 aromatic heterocycles. The highest BCUT2D eigenvalue weighted by Crippen LogP contribution is 2.29. The molecule has 1 N–H and O–H groups in total. The van der Waals surface area contributed by atoms with Gasteiger partial charge in [-0.1, -0.05) is 65.3 Å². The predicted molar refractivity (Wildman–Crippen MR) is 107 cm³/mol. The Bertz CT molecular complexity index is 1080. The van der Waals surface area contributed by atoms with Gasteiger partial charge in [-0.2, -0.15) is 0 Å². The number of fused-ring (bicyclic) bond motifs is 1. The van der Waals surface area contributed by atoms with Gasteiger partial charge in [-0.25, -0.2) is 0 Å². The number of rotatable bonds is 4. The fourth-order valence-corrected chi connectivity index (χ4v) is 3.10. The van der Waals surface area contributed by atoms with Crippen LogP contribution in [-0.4, -0.2) is 11.1 Å². The summed E-state index contributed by atoms with van der Waals surface area (Å²) in [6, 6.07) is 23.3. The van der Waals surface area contributed by atoms with Crippen molar-refractivity contribution in [2.45, 2.75) is 19.9 Å². The van der Waals surface area contributed by atoms with Crippen LogP contribution in [0.2, 0.25) is 0 Å². The monoisotopic (exact) mass is 356 g/mol. The van der Waals surface area contributed by atoms with E-state index in [1.807, 2.05) is 80.6 Å². The molecule has 4 heteroatoms. The number of carbonyl (C=O) groups excluding carboxylic acids is 1. The summed E-state index contributed by atoms with van der Waals surface area (Å²) >= 11 is 0.